The molecule has 6 rings (SSSR count). The number of fused-ring (bicyclic) bond motifs is 2. The van der Waals surface area contributed by atoms with Crippen LogP contribution in [0.3, 0.4) is 0 Å². The smallest absolute Gasteiger partial charge is 0.254 e. The van der Waals surface area contributed by atoms with Crippen molar-refractivity contribution in [1.29, 1.82) is 0 Å². The molecule has 1 aliphatic carbocycles. The molecule has 0 unspecified atom stereocenters. The highest BCUT2D eigenvalue weighted by atomic mass is 16.5. The molecule has 9 heteroatoms. The second-order valence-corrected chi connectivity index (χ2v) is 9.60. The van der Waals surface area contributed by atoms with Crippen molar-refractivity contribution < 1.29 is 9.47 Å². The number of hydrogen-bond acceptors (Lipinski definition) is 7. The number of nitrogens with one attached hydrogen (secondary N) is 1. The molecule has 4 aromatic rings. The van der Waals surface area contributed by atoms with Gasteiger partial charge in [-0.3, -0.25) is 4.79 Å². The summed E-state index contributed by atoms with van der Waals surface area (Å²) in [4.78, 5) is 19.0. The molecule has 2 aliphatic rings. The zero-order valence-corrected chi connectivity index (χ0v) is 20.6. The fourth-order valence-corrected chi connectivity index (χ4v) is 5.80. The summed E-state index contributed by atoms with van der Waals surface area (Å²) >= 11 is 0. The number of hydrogen-bond donors (Lipinski definition) is 1. The molecule has 2 aromatic carbocycles. The van der Waals surface area contributed by atoms with Gasteiger partial charge in [-0.15, -0.1) is 5.10 Å². The van der Waals surface area contributed by atoms with Crippen molar-refractivity contribution in [1.82, 2.24) is 25.2 Å². The van der Waals surface area contributed by atoms with Crippen LogP contribution >= 0.6 is 0 Å². The first-order valence-electron chi connectivity index (χ1n) is 12.6. The van der Waals surface area contributed by atoms with Gasteiger partial charge in [-0.05, 0) is 53.5 Å². The fourth-order valence-electron chi connectivity index (χ4n) is 5.80. The highest BCUT2D eigenvalue weighted by molar-refractivity contribution is 5.83. The van der Waals surface area contributed by atoms with E-state index >= 15 is 0 Å². The van der Waals surface area contributed by atoms with Crippen LogP contribution in [-0.2, 0) is 6.42 Å². The number of ether oxygens (including phenoxy) is 2. The summed E-state index contributed by atoms with van der Waals surface area (Å²) in [6, 6.07) is 13.8. The normalized spacial score (nSPS) is 16.8. The molecule has 0 radical (unpaired) electrons. The maximum absolute atomic E-state index is 13.6. The molecular weight excluding hydrogens is 456 g/mol. The number of anilines is 1. The second kappa shape index (κ2) is 9.29. The molecule has 2 aromatic heterocycles. The van der Waals surface area contributed by atoms with Gasteiger partial charge in [0.05, 0.1) is 25.8 Å². The van der Waals surface area contributed by atoms with Gasteiger partial charge in [0, 0.05) is 29.2 Å². The molecular formula is C27H30N6O3. The molecule has 0 bridgehead atoms. The minimum absolute atomic E-state index is 0.165. The summed E-state index contributed by atoms with van der Waals surface area (Å²) in [7, 11) is 3.20. The Hall–Kier alpha value is -3.88. The lowest BCUT2D eigenvalue weighted by Crippen LogP contribution is -2.35. The minimum atomic E-state index is -0.424. The van der Waals surface area contributed by atoms with Crippen LogP contribution in [0.2, 0.25) is 0 Å². The first kappa shape index (κ1) is 22.6. The van der Waals surface area contributed by atoms with E-state index in [-0.39, 0.29) is 11.6 Å². The van der Waals surface area contributed by atoms with E-state index in [1.54, 1.807) is 20.3 Å². The number of benzene rings is 2. The van der Waals surface area contributed by atoms with Crippen LogP contribution in [0.5, 0.6) is 11.5 Å². The maximum Gasteiger partial charge on any atom is 0.254 e. The number of H-pyrrole nitrogens is 1. The number of nitrogens with zero attached hydrogens (tertiary/aromatic N) is 5. The number of methoxy groups -OCH3 is 2. The van der Waals surface area contributed by atoms with E-state index in [1.165, 1.54) is 24.8 Å². The average molecular weight is 487 g/mol. The third-order valence-corrected chi connectivity index (χ3v) is 7.59. The van der Waals surface area contributed by atoms with Gasteiger partial charge in [-0.2, -0.15) is 0 Å². The minimum Gasteiger partial charge on any atom is -0.493 e. The van der Waals surface area contributed by atoms with Crippen LogP contribution in [-0.4, -0.2) is 46.0 Å². The number of aromatic amines is 1. The van der Waals surface area contributed by atoms with Gasteiger partial charge >= 0.3 is 0 Å². The molecule has 3 heterocycles. The monoisotopic (exact) mass is 486 g/mol. The zero-order chi connectivity index (χ0) is 24.6. The molecule has 9 nitrogen and oxygen atoms in total. The average Bonchev–Trinajstić information content (AvgIpc) is 3.57. The van der Waals surface area contributed by atoms with Gasteiger partial charge in [0.15, 0.2) is 17.3 Å². The van der Waals surface area contributed by atoms with Crippen LogP contribution in [0, 0.1) is 0 Å². The number of aromatic nitrogens is 5. The molecule has 1 atom stereocenters. The Balaban J connectivity index is 1.54. The predicted molar refractivity (Wildman–Crippen MR) is 137 cm³/mol. The van der Waals surface area contributed by atoms with Crippen LogP contribution in [0.1, 0.15) is 61.1 Å². The van der Waals surface area contributed by atoms with Crippen molar-refractivity contribution in [2.24, 2.45) is 0 Å². The van der Waals surface area contributed by atoms with Crippen molar-refractivity contribution >= 4 is 16.6 Å². The van der Waals surface area contributed by atoms with Crippen molar-refractivity contribution in [3.63, 3.8) is 0 Å². The Kier molecular flexibility index (Phi) is 5.83. The summed E-state index contributed by atoms with van der Waals surface area (Å²) in [5.74, 6) is 1.89. The Morgan fingerprint density at radius 2 is 1.81 bits per heavy atom. The molecule has 1 saturated carbocycles. The van der Waals surface area contributed by atoms with Gasteiger partial charge < -0.3 is 19.4 Å². The first-order valence-corrected chi connectivity index (χ1v) is 12.6. The number of pyridine rings is 1. The number of tetrazole rings is 1. The maximum atomic E-state index is 13.6. The summed E-state index contributed by atoms with van der Waals surface area (Å²) in [5.41, 5.74) is 3.52. The quantitative estimate of drug-likeness (QED) is 0.436. The van der Waals surface area contributed by atoms with Crippen LogP contribution < -0.4 is 19.9 Å². The van der Waals surface area contributed by atoms with Crippen molar-refractivity contribution in [3.8, 4) is 11.5 Å². The van der Waals surface area contributed by atoms with E-state index in [1.807, 2.05) is 22.9 Å². The summed E-state index contributed by atoms with van der Waals surface area (Å²) in [6.45, 7) is 0.783. The van der Waals surface area contributed by atoms with Crippen LogP contribution in [0.25, 0.3) is 10.9 Å². The van der Waals surface area contributed by atoms with E-state index in [4.69, 9.17) is 9.47 Å². The van der Waals surface area contributed by atoms with Crippen LogP contribution in [0.4, 0.5) is 5.69 Å². The van der Waals surface area contributed by atoms with Gasteiger partial charge in [0.1, 0.15) is 6.04 Å². The lowest BCUT2D eigenvalue weighted by molar-refractivity contribution is 0.313. The Morgan fingerprint density at radius 3 is 2.61 bits per heavy atom. The first-order chi connectivity index (χ1) is 17.7. The SMILES string of the molecule is COc1cc2cc([C@H](c3nnnn3C3CCCCC3)N3CCc4ccccc43)c(=O)[nH]c2cc1OC. The highest BCUT2D eigenvalue weighted by Gasteiger charge is 2.35. The van der Waals surface area contributed by atoms with Gasteiger partial charge in [-0.1, -0.05) is 37.5 Å². The third kappa shape index (κ3) is 3.79. The van der Waals surface area contributed by atoms with E-state index in [0.717, 1.165) is 36.9 Å². The molecule has 186 valence electrons. The Labute approximate surface area is 209 Å². The van der Waals surface area contributed by atoms with Crippen molar-refractivity contribution in [3.05, 3.63) is 69.8 Å². The van der Waals surface area contributed by atoms with Gasteiger partial charge in [0.25, 0.3) is 5.56 Å². The summed E-state index contributed by atoms with van der Waals surface area (Å²) in [5, 5.41) is 13.9. The van der Waals surface area contributed by atoms with Gasteiger partial charge in [-0.25, -0.2) is 4.68 Å². The van der Waals surface area contributed by atoms with E-state index in [2.05, 4.69) is 43.6 Å². The molecule has 0 spiro atoms. The van der Waals surface area contributed by atoms with Crippen molar-refractivity contribution in [2.75, 3.05) is 25.7 Å². The second-order valence-electron chi connectivity index (χ2n) is 9.60. The Bertz CT molecular complexity index is 1460. The number of para-hydroxylation sites is 1. The topological polar surface area (TPSA) is 98.2 Å². The zero-order valence-electron chi connectivity index (χ0n) is 20.6. The molecule has 0 saturated heterocycles. The molecule has 1 aliphatic heterocycles. The molecule has 0 amide bonds. The summed E-state index contributed by atoms with van der Waals surface area (Å²) in [6.07, 6.45) is 6.58. The van der Waals surface area contributed by atoms with Crippen molar-refractivity contribution in [2.45, 2.75) is 50.6 Å². The van der Waals surface area contributed by atoms with E-state index < -0.39 is 6.04 Å². The van der Waals surface area contributed by atoms with E-state index in [0.29, 0.717) is 28.4 Å². The number of rotatable bonds is 6. The molecule has 36 heavy (non-hydrogen) atoms. The predicted octanol–water partition coefficient (Wildman–Crippen LogP) is 4.19. The summed E-state index contributed by atoms with van der Waals surface area (Å²) < 4.78 is 12.9. The molecule has 1 fully saturated rings. The fraction of sp³-hybridized carbons (Fsp3) is 0.407. The Morgan fingerprint density at radius 1 is 1.03 bits per heavy atom. The standard InChI is InChI=1S/C27H30N6O3/c1-35-23-15-18-14-20(27(34)28-21(18)16-24(23)36-2)25(32-13-12-17-8-6-7-11-22(17)32)26-29-30-31-33(26)19-9-4-3-5-10-19/h6-8,11,14-16,19,25H,3-5,9-10,12-13H2,1-2H3,(H,28,34)/t25-/m1/s1. The van der Waals surface area contributed by atoms with E-state index in [9.17, 15) is 4.79 Å². The molecule has 1 N–H and O–H groups in total. The lowest BCUT2D eigenvalue weighted by Gasteiger charge is -2.31. The van der Waals surface area contributed by atoms with Gasteiger partial charge in [0.2, 0.25) is 0 Å². The highest BCUT2D eigenvalue weighted by Crippen LogP contribution is 2.40. The lowest BCUT2D eigenvalue weighted by atomic mass is 9.95. The third-order valence-electron chi connectivity index (χ3n) is 7.59. The largest absolute Gasteiger partial charge is 0.493 e. The van der Waals surface area contributed by atoms with Crippen LogP contribution in [0.15, 0.2) is 47.3 Å².